The van der Waals surface area contributed by atoms with Gasteiger partial charge < -0.3 is 10.2 Å². The number of rotatable bonds is 4. The monoisotopic (exact) mass is 269 g/mol. The highest BCUT2D eigenvalue weighted by molar-refractivity contribution is 5.98. The first kappa shape index (κ1) is 14.2. The molecule has 0 radical (unpaired) electrons. The molecule has 1 aromatic heterocycles. The average molecular weight is 269 g/mol. The van der Waals surface area contributed by atoms with Gasteiger partial charge in [0, 0.05) is 25.4 Å². The number of aromatic nitrogens is 1. The van der Waals surface area contributed by atoms with Crippen LogP contribution in [0.4, 0.5) is 0 Å². The first-order valence-corrected chi connectivity index (χ1v) is 6.53. The molecule has 2 aromatic rings. The zero-order chi connectivity index (χ0) is 14.5. The van der Waals surface area contributed by atoms with Gasteiger partial charge in [-0.25, -0.2) is 0 Å². The van der Waals surface area contributed by atoms with Gasteiger partial charge in [-0.15, -0.1) is 0 Å². The molecule has 0 unspecified atom stereocenters. The van der Waals surface area contributed by atoms with Crippen molar-refractivity contribution in [2.75, 3.05) is 21.1 Å². The Hall–Kier alpha value is -2.20. The normalized spacial score (nSPS) is 10.6. The topological polar surface area (TPSA) is 45.2 Å². The predicted molar refractivity (Wildman–Crippen MR) is 80.5 cm³/mol. The fourth-order valence-electron chi connectivity index (χ4n) is 2.14. The van der Waals surface area contributed by atoms with Crippen LogP contribution in [-0.4, -0.2) is 36.9 Å². The summed E-state index contributed by atoms with van der Waals surface area (Å²) in [5.41, 5.74) is 3.53. The number of hydrogen-bond donors (Lipinski definition) is 1. The van der Waals surface area contributed by atoms with E-state index in [9.17, 15) is 4.79 Å². The quantitative estimate of drug-likeness (QED) is 0.925. The van der Waals surface area contributed by atoms with E-state index in [0.717, 1.165) is 17.7 Å². The number of pyridine rings is 1. The number of carbonyl (C=O) groups excluding carboxylic acids is 1. The van der Waals surface area contributed by atoms with E-state index in [-0.39, 0.29) is 5.91 Å². The zero-order valence-corrected chi connectivity index (χ0v) is 12.1. The smallest absolute Gasteiger partial charge is 0.270 e. The molecule has 0 aliphatic heterocycles. The van der Waals surface area contributed by atoms with Crippen molar-refractivity contribution < 1.29 is 4.79 Å². The van der Waals surface area contributed by atoms with Crippen molar-refractivity contribution in [1.29, 1.82) is 0 Å². The summed E-state index contributed by atoms with van der Waals surface area (Å²) in [5, 5.41) is 2.63. The number of nitrogens with one attached hydrogen (secondary N) is 1. The maximum atomic E-state index is 11.9. The molecule has 1 aromatic carbocycles. The molecule has 0 aliphatic carbocycles. The molecule has 1 N–H and O–H groups in total. The molecule has 2 rings (SSSR count). The van der Waals surface area contributed by atoms with E-state index in [4.69, 9.17) is 0 Å². The van der Waals surface area contributed by atoms with Crippen molar-refractivity contribution in [1.82, 2.24) is 15.2 Å². The van der Waals surface area contributed by atoms with Crippen molar-refractivity contribution in [3.63, 3.8) is 0 Å². The van der Waals surface area contributed by atoms with Gasteiger partial charge in [0.05, 0.1) is 0 Å². The Morgan fingerprint density at radius 2 is 2.05 bits per heavy atom. The number of nitrogens with zero attached hydrogens (tertiary/aromatic N) is 2. The van der Waals surface area contributed by atoms with Crippen LogP contribution in [0.5, 0.6) is 0 Å². The lowest BCUT2D eigenvalue weighted by molar-refractivity contribution is 0.0959. The third-order valence-electron chi connectivity index (χ3n) is 2.99. The lowest BCUT2D eigenvalue weighted by atomic mass is 10.0. The van der Waals surface area contributed by atoms with Gasteiger partial charge in [0.2, 0.25) is 0 Å². The van der Waals surface area contributed by atoms with Gasteiger partial charge in [0.1, 0.15) is 5.69 Å². The molecule has 1 heterocycles. The molecule has 0 atom stereocenters. The van der Waals surface area contributed by atoms with Crippen LogP contribution in [0.3, 0.4) is 0 Å². The number of hydrogen-bond acceptors (Lipinski definition) is 3. The second kappa shape index (κ2) is 6.30. The van der Waals surface area contributed by atoms with Gasteiger partial charge in [-0.1, -0.05) is 24.3 Å². The van der Waals surface area contributed by atoms with Crippen molar-refractivity contribution in [2.45, 2.75) is 6.54 Å². The van der Waals surface area contributed by atoms with E-state index in [1.54, 1.807) is 13.2 Å². The predicted octanol–water partition coefficient (Wildman–Crippen LogP) is 2.17. The zero-order valence-electron chi connectivity index (χ0n) is 12.1. The largest absolute Gasteiger partial charge is 0.354 e. The molecule has 0 saturated carbocycles. The Morgan fingerprint density at radius 3 is 2.75 bits per heavy atom. The maximum Gasteiger partial charge on any atom is 0.270 e. The Morgan fingerprint density at radius 1 is 1.25 bits per heavy atom. The SMILES string of the molecule is CNC(=O)c1ncccc1-c1cccc(CN(C)C)c1. The lowest BCUT2D eigenvalue weighted by Gasteiger charge is -2.12. The number of amides is 1. The highest BCUT2D eigenvalue weighted by Crippen LogP contribution is 2.23. The van der Waals surface area contributed by atoms with Gasteiger partial charge in [0.25, 0.3) is 5.91 Å². The number of benzene rings is 1. The van der Waals surface area contributed by atoms with Crippen LogP contribution in [0.15, 0.2) is 42.6 Å². The third-order valence-corrected chi connectivity index (χ3v) is 2.99. The van der Waals surface area contributed by atoms with Gasteiger partial charge in [-0.05, 0) is 37.4 Å². The van der Waals surface area contributed by atoms with Crippen LogP contribution in [0.1, 0.15) is 16.1 Å². The highest BCUT2D eigenvalue weighted by Gasteiger charge is 2.12. The molecule has 4 nitrogen and oxygen atoms in total. The summed E-state index contributed by atoms with van der Waals surface area (Å²) in [6, 6.07) is 12.0. The molecule has 20 heavy (non-hydrogen) atoms. The second-order valence-corrected chi connectivity index (χ2v) is 4.92. The fourth-order valence-corrected chi connectivity index (χ4v) is 2.14. The standard InChI is InChI=1S/C16H19N3O/c1-17-16(20)15-14(8-5-9-18-15)13-7-4-6-12(10-13)11-19(2)3/h4-10H,11H2,1-3H3,(H,17,20). The van der Waals surface area contributed by atoms with Gasteiger partial charge >= 0.3 is 0 Å². The molecule has 0 spiro atoms. The van der Waals surface area contributed by atoms with Gasteiger partial charge in [-0.3, -0.25) is 9.78 Å². The Bertz CT molecular complexity index is 608. The van der Waals surface area contributed by atoms with E-state index in [2.05, 4.69) is 27.3 Å². The van der Waals surface area contributed by atoms with Gasteiger partial charge in [-0.2, -0.15) is 0 Å². The summed E-state index contributed by atoms with van der Waals surface area (Å²) in [7, 11) is 5.68. The molecule has 1 amide bonds. The summed E-state index contributed by atoms with van der Waals surface area (Å²) in [4.78, 5) is 18.2. The van der Waals surface area contributed by atoms with Gasteiger partial charge in [0.15, 0.2) is 0 Å². The van der Waals surface area contributed by atoms with E-state index in [1.165, 1.54) is 5.56 Å². The first-order chi connectivity index (χ1) is 9.61. The summed E-state index contributed by atoms with van der Waals surface area (Å²) in [5.74, 6) is -0.168. The van der Waals surface area contributed by atoms with E-state index in [0.29, 0.717) is 5.69 Å². The Labute approximate surface area is 119 Å². The van der Waals surface area contributed by atoms with E-state index >= 15 is 0 Å². The Balaban J connectivity index is 2.44. The maximum absolute atomic E-state index is 11.9. The fraction of sp³-hybridized carbons (Fsp3) is 0.250. The lowest BCUT2D eigenvalue weighted by Crippen LogP contribution is -2.20. The Kier molecular flexibility index (Phi) is 4.48. The van der Waals surface area contributed by atoms with Crippen LogP contribution >= 0.6 is 0 Å². The van der Waals surface area contributed by atoms with E-state index in [1.807, 2.05) is 38.4 Å². The minimum Gasteiger partial charge on any atom is -0.354 e. The average Bonchev–Trinajstić information content (AvgIpc) is 2.46. The number of carbonyl (C=O) groups is 1. The summed E-state index contributed by atoms with van der Waals surface area (Å²) < 4.78 is 0. The molecule has 4 heteroatoms. The van der Waals surface area contributed by atoms with Crippen molar-refractivity contribution >= 4 is 5.91 Å². The van der Waals surface area contributed by atoms with E-state index < -0.39 is 0 Å². The molecule has 0 bridgehead atoms. The molecule has 0 aliphatic rings. The molecular formula is C16H19N3O. The summed E-state index contributed by atoms with van der Waals surface area (Å²) in [6.45, 7) is 0.864. The third kappa shape index (κ3) is 3.22. The van der Waals surface area contributed by atoms with Crippen molar-refractivity contribution in [2.24, 2.45) is 0 Å². The van der Waals surface area contributed by atoms with Crippen molar-refractivity contribution in [3.05, 3.63) is 53.9 Å². The van der Waals surface area contributed by atoms with Crippen LogP contribution in [-0.2, 0) is 6.54 Å². The second-order valence-electron chi connectivity index (χ2n) is 4.92. The summed E-state index contributed by atoms with van der Waals surface area (Å²) >= 11 is 0. The van der Waals surface area contributed by atoms with Crippen LogP contribution in [0.2, 0.25) is 0 Å². The minimum absolute atomic E-state index is 0.168. The van der Waals surface area contributed by atoms with Crippen LogP contribution in [0, 0.1) is 0 Å². The molecule has 104 valence electrons. The molecule has 0 fully saturated rings. The van der Waals surface area contributed by atoms with Crippen LogP contribution in [0.25, 0.3) is 11.1 Å². The highest BCUT2D eigenvalue weighted by atomic mass is 16.1. The molecule has 0 saturated heterocycles. The van der Waals surface area contributed by atoms with Crippen LogP contribution < -0.4 is 5.32 Å². The minimum atomic E-state index is -0.168. The van der Waals surface area contributed by atoms with Crippen molar-refractivity contribution in [3.8, 4) is 11.1 Å². The summed E-state index contributed by atoms with van der Waals surface area (Å²) in [6.07, 6.45) is 1.64. The molecular weight excluding hydrogens is 250 g/mol. The first-order valence-electron chi connectivity index (χ1n) is 6.53.